The van der Waals surface area contributed by atoms with Gasteiger partial charge >= 0.3 is 0 Å². The van der Waals surface area contributed by atoms with E-state index in [4.69, 9.17) is 0 Å². The molecule has 0 aliphatic carbocycles. The second kappa shape index (κ2) is 5.02. The molecule has 0 saturated carbocycles. The lowest BCUT2D eigenvalue weighted by atomic mass is 9.96. The van der Waals surface area contributed by atoms with Crippen LogP contribution in [0.3, 0.4) is 0 Å². The summed E-state index contributed by atoms with van der Waals surface area (Å²) in [6.45, 7) is 0. The van der Waals surface area contributed by atoms with Gasteiger partial charge in [0.05, 0.1) is 11.4 Å². The Morgan fingerprint density at radius 1 is 0.947 bits per heavy atom. The number of rotatable bonds is 1. The summed E-state index contributed by atoms with van der Waals surface area (Å²) in [4.78, 5) is 16.6. The van der Waals surface area contributed by atoms with Gasteiger partial charge in [-0.15, -0.1) is 0 Å². The molecule has 0 spiro atoms. The number of alkyl halides is 1. The van der Waals surface area contributed by atoms with Crippen molar-refractivity contribution in [1.82, 2.24) is 0 Å². The summed E-state index contributed by atoms with van der Waals surface area (Å²) in [6.07, 6.45) is 0. The Morgan fingerprint density at radius 2 is 1.58 bits per heavy atom. The van der Waals surface area contributed by atoms with Crippen molar-refractivity contribution in [3.8, 4) is 0 Å². The van der Waals surface area contributed by atoms with Crippen molar-refractivity contribution in [2.24, 2.45) is 4.99 Å². The van der Waals surface area contributed by atoms with E-state index in [0.717, 1.165) is 21.4 Å². The quantitative estimate of drug-likeness (QED) is 0.670. The zero-order valence-electron chi connectivity index (χ0n) is 9.81. The van der Waals surface area contributed by atoms with Gasteiger partial charge in [-0.05, 0) is 18.2 Å². The standard InChI is InChI=1S/C15H9Br2NO/c16-11-7-3-1-5-9(11)14-13(17)15(19)10-6-2-4-8-12(10)18-14/h1-8,13H. The second-order valence-electron chi connectivity index (χ2n) is 4.22. The van der Waals surface area contributed by atoms with Gasteiger partial charge in [-0.2, -0.15) is 0 Å². The molecule has 3 rings (SSSR count). The summed E-state index contributed by atoms with van der Waals surface area (Å²) in [5.74, 6) is 0.0522. The maximum atomic E-state index is 12.4. The monoisotopic (exact) mass is 377 g/mol. The average Bonchev–Trinajstić information content (AvgIpc) is 2.44. The molecular formula is C15H9Br2NO. The zero-order chi connectivity index (χ0) is 13.4. The third kappa shape index (κ3) is 2.19. The van der Waals surface area contributed by atoms with E-state index in [1.54, 1.807) is 0 Å². The van der Waals surface area contributed by atoms with Crippen molar-refractivity contribution in [3.63, 3.8) is 0 Å². The van der Waals surface area contributed by atoms with Crippen LogP contribution in [0.2, 0.25) is 0 Å². The first kappa shape index (κ1) is 12.8. The number of para-hydroxylation sites is 1. The highest BCUT2D eigenvalue weighted by Gasteiger charge is 2.30. The molecule has 19 heavy (non-hydrogen) atoms. The van der Waals surface area contributed by atoms with Gasteiger partial charge < -0.3 is 0 Å². The molecule has 2 nitrogen and oxygen atoms in total. The zero-order valence-corrected chi connectivity index (χ0v) is 13.0. The van der Waals surface area contributed by atoms with Crippen LogP contribution in [0.5, 0.6) is 0 Å². The highest BCUT2D eigenvalue weighted by molar-refractivity contribution is 9.10. The number of hydrogen-bond donors (Lipinski definition) is 0. The van der Waals surface area contributed by atoms with Gasteiger partial charge in [-0.3, -0.25) is 9.79 Å². The predicted octanol–water partition coefficient (Wildman–Crippen LogP) is 4.53. The van der Waals surface area contributed by atoms with Gasteiger partial charge in [0, 0.05) is 15.6 Å². The van der Waals surface area contributed by atoms with Gasteiger partial charge in [0.15, 0.2) is 5.78 Å². The summed E-state index contributed by atoms with van der Waals surface area (Å²) in [6, 6.07) is 15.2. The van der Waals surface area contributed by atoms with Gasteiger partial charge in [-0.1, -0.05) is 62.2 Å². The molecule has 2 aromatic rings. The highest BCUT2D eigenvalue weighted by atomic mass is 79.9. The van der Waals surface area contributed by atoms with Crippen molar-refractivity contribution in [3.05, 3.63) is 64.1 Å². The van der Waals surface area contributed by atoms with Crippen LogP contribution in [-0.2, 0) is 0 Å². The Balaban J connectivity index is 2.21. The smallest absolute Gasteiger partial charge is 0.184 e. The minimum absolute atomic E-state index is 0.0522. The Kier molecular flexibility index (Phi) is 3.37. The number of ketones is 1. The van der Waals surface area contributed by atoms with Crippen LogP contribution in [-0.4, -0.2) is 16.3 Å². The van der Waals surface area contributed by atoms with E-state index in [-0.39, 0.29) is 5.78 Å². The molecule has 0 saturated heterocycles. The molecule has 0 bridgehead atoms. The van der Waals surface area contributed by atoms with E-state index in [1.807, 2.05) is 48.5 Å². The predicted molar refractivity (Wildman–Crippen MR) is 83.8 cm³/mol. The number of Topliss-reactive ketones (excluding diaryl/α,β-unsaturated/α-hetero) is 1. The van der Waals surface area contributed by atoms with Crippen molar-refractivity contribution < 1.29 is 4.79 Å². The Labute approximate surface area is 127 Å². The highest BCUT2D eigenvalue weighted by Crippen LogP contribution is 2.32. The number of hydrogen-bond acceptors (Lipinski definition) is 2. The first-order valence-corrected chi connectivity index (χ1v) is 7.50. The number of halogens is 2. The van der Waals surface area contributed by atoms with E-state index >= 15 is 0 Å². The van der Waals surface area contributed by atoms with Crippen LogP contribution in [0.15, 0.2) is 58.0 Å². The minimum atomic E-state index is -0.402. The summed E-state index contributed by atoms with van der Waals surface area (Å²) in [5, 5.41) is 0. The molecule has 1 atom stereocenters. The van der Waals surface area contributed by atoms with Crippen molar-refractivity contribution >= 4 is 49.0 Å². The third-order valence-electron chi connectivity index (χ3n) is 3.03. The number of carbonyl (C=O) groups is 1. The van der Waals surface area contributed by atoms with Gasteiger partial charge in [0.25, 0.3) is 0 Å². The van der Waals surface area contributed by atoms with Crippen molar-refractivity contribution in [1.29, 1.82) is 0 Å². The molecule has 94 valence electrons. The number of nitrogens with zero attached hydrogens (tertiary/aromatic N) is 1. The molecule has 1 heterocycles. The lowest BCUT2D eigenvalue weighted by molar-refractivity contribution is 0.101. The van der Waals surface area contributed by atoms with Crippen LogP contribution in [0.4, 0.5) is 5.69 Å². The Bertz CT molecular complexity index is 694. The fourth-order valence-electron chi connectivity index (χ4n) is 2.09. The van der Waals surface area contributed by atoms with Crippen LogP contribution in [0.25, 0.3) is 0 Å². The Hall–Kier alpha value is -1.26. The largest absolute Gasteiger partial charge is 0.292 e. The van der Waals surface area contributed by atoms with Crippen LogP contribution in [0, 0.1) is 0 Å². The topological polar surface area (TPSA) is 29.4 Å². The maximum Gasteiger partial charge on any atom is 0.184 e. The van der Waals surface area contributed by atoms with Gasteiger partial charge in [0.1, 0.15) is 4.83 Å². The number of benzene rings is 2. The summed E-state index contributed by atoms with van der Waals surface area (Å²) in [7, 11) is 0. The first-order valence-electron chi connectivity index (χ1n) is 5.79. The number of aliphatic imine (C=N–C) groups is 1. The van der Waals surface area contributed by atoms with E-state index < -0.39 is 4.83 Å². The van der Waals surface area contributed by atoms with E-state index in [0.29, 0.717) is 5.56 Å². The van der Waals surface area contributed by atoms with Crippen LogP contribution in [0.1, 0.15) is 15.9 Å². The number of carbonyl (C=O) groups excluding carboxylic acids is 1. The molecule has 1 aliphatic rings. The van der Waals surface area contributed by atoms with Crippen molar-refractivity contribution in [2.45, 2.75) is 4.83 Å². The fraction of sp³-hybridized carbons (Fsp3) is 0.0667. The molecule has 1 aliphatic heterocycles. The van der Waals surface area contributed by atoms with E-state index in [1.165, 1.54) is 0 Å². The summed E-state index contributed by atoms with van der Waals surface area (Å²) < 4.78 is 0.936. The van der Waals surface area contributed by atoms with E-state index in [9.17, 15) is 4.79 Å². The molecule has 1 unspecified atom stereocenters. The molecule has 0 radical (unpaired) electrons. The number of fused-ring (bicyclic) bond motifs is 1. The fourth-order valence-corrected chi connectivity index (χ4v) is 3.18. The van der Waals surface area contributed by atoms with Gasteiger partial charge in [-0.25, -0.2) is 0 Å². The molecule has 0 N–H and O–H groups in total. The van der Waals surface area contributed by atoms with E-state index in [2.05, 4.69) is 36.9 Å². The lowest BCUT2D eigenvalue weighted by Crippen LogP contribution is -2.28. The van der Waals surface area contributed by atoms with Crippen molar-refractivity contribution in [2.75, 3.05) is 0 Å². The molecule has 4 heteroatoms. The third-order valence-corrected chi connectivity index (χ3v) is 4.57. The summed E-state index contributed by atoms with van der Waals surface area (Å²) in [5.41, 5.74) is 3.08. The molecule has 2 aromatic carbocycles. The van der Waals surface area contributed by atoms with Gasteiger partial charge in [0.2, 0.25) is 0 Å². The molecule has 0 fully saturated rings. The van der Waals surface area contributed by atoms with Crippen LogP contribution < -0.4 is 0 Å². The lowest BCUT2D eigenvalue weighted by Gasteiger charge is -2.20. The minimum Gasteiger partial charge on any atom is -0.292 e. The maximum absolute atomic E-state index is 12.4. The second-order valence-corrected chi connectivity index (χ2v) is 5.99. The SMILES string of the molecule is O=C1c2ccccc2N=C(c2ccccc2Br)C1Br. The average molecular weight is 379 g/mol. The molecule has 0 amide bonds. The molecule has 0 aromatic heterocycles. The molecular weight excluding hydrogens is 370 g/mol. The first-order chi connectivity index (χ1) is 9.18. The Morgan fingerprint density at radius 3 is 2.32 bits per heavy atom. The van der Waals surface area contributed by atoms with Crippen LogP contribution >= 0.6 is 31.9 Å². The normalized spacial score (nSPS) is 17.9. The summed E-state index contributed by atoms with van der Waals surface area (Å²) >= 11 is 6.97.